The molecule has 0 fully saturated rings. The summed E-state index contributed by atoms with van der Waals surface area (Å²) in [6.45, 7) is 7.56. The molecule has 5 N–H and O–H groups in total. The zero-order valence-corrected chi connectivity index (χ0v) is 21.7. The predicted octanol–water partition coefficient (Wildman–Crippen LogP) is 5.06. The van der Waals surface area contributed by atoms with E-state index in [1.54, 1.807) is 0 Å². The minimum absolute atomic E-state index is 0.179. The smallest absolute Gasteiger partial charge is 0.274 e. The fourth-order valence-corrected chi connectivity index (χ4v) is 5.21. The van der Waals surface area contributed by atoms with E-state index in [9.17, 15) is 5.11 Å². The second-order valence-electron chi connectivity index (χ2n) is 10.1. The van der Waals surface area contributed by atoms with Gasteiger partial charge in [0.25, 0.3) is 5.84 Å². The molecule has 0 amide bonds. The standard InChI is InChI=1S/C28H52N5O/c1-2-3-4-5-6-7-8-9-10-11-12-13-15-20-28(34)21-19-26-32(24-18-25-33(26)28)23-17-14-16-22-31-27(29)30/h2,19,21,34H,1,3-18,20,22-25H2,(H4,29,30,31)/q+1. The van der Waals surface area contributed by atoms with Crippen molar-refractivity contribution in [1.82, 2.24) is 4.90 Å². The molecule has 2 heterocycles. The number of aliphatic hydroxyl groups is 1. The van der Waals surface area contributed by atoms with Crippen molar-refractivity contribution < 1.29 is 9.68 Å². The molecule has 2 aliphatic heterocycles. The van der Waals surface area contributed by atoms with E-state index in [0.29, 0.717) is 6.54 Å². The molecule has 0 saturated heterocycles. The van der Waals surface area contributed by atoms with Gasteiger partial charge in [0.2, 0.25) is 5.72 Å². The second-order valence-corrected chi connectivity index (χ2v) is 10.1. The lowest BCUT2D eigenvalue weighted by Crippen LogP contribution is -2.52. The van der Waals surface area contributed by atoms with E-state index in [0.717, 1.165) is 58.2 Å². The normalized spacial score (nSPS) is 19.5. The summed E-state index contributed by atoms with van der Waals surface area (Å²) in [5.74, 6) is 1.39. The molecule has 34 heavy (non-hydrogen) atoms. The molecule has 0 saturated carbocycles. The molecule has 6 nitrogen and oxygen atoms in total. The average Bonchev–Trinajstić information content (AvgIpc) is 3.16. The Hall–Kier alpha value is -1.82. The minimum atomic E-state index is -0.785. The Bertz CT molecular complexity index is 668. The average molecular weight is 475 g/mol. The molecule has 0 aromatic rings. The van der Waals surface area contributed by atoms with Gasteiger partial charge in [0.15, 0.2) is 5.96 Å². The van der Waals surface area contributed by atoms with Gasteiger partial charge in [0.1, 0.15) is 0 Å². The quantitative estimate of drug-likeness (QED) is 0.0756. The van der Waals surface area contributed by atoms with Crippen LogP contribution in [-0.2, 0) is 0 Å². The molecule has 2 rings (SSSR count). The molecule has 194 valence electrons. The highest BCUT2D eigenvalue weighted by Gasteiger charge is 2.46. The largest absolute Gasteiger partial charge is 0.370 e. The molecule has 0 aliphatic carbocycles. The van der Waals surface area contributed by atoms with Crippen LogP contribution in [-0.4, -0.2) is 58.3 Å². The summed E-state index contributed by atoms with van der Waals surface area (Å²) in [5, 5.41) is 11.3. The third-order valence-electron chi connectivity index (χ3n) is 7.21. The van der Waals surface area contributed by atoms with Gasteiger partial charge in [-0.1, -0.05) is 63.9 Å². The Morgan fingerprint density at radius 2 is 1.59 bits per heavy atom. The number of allylic oxidation sites excluding steroid dienone is 1. The SMILES string of the molecule is C=CCCCCCCCCCCCCCC1(O)C=CC2=[N+](CCCCCN=C(N)N)CCCN21. The summed E-state index contributed by atoms with van der Waals surface area (Å²) in [5.41, 5.74) is 9.98. The van der Waals surface area contributed by atoms with Crippen LogP contribution in [0.1, 0.15) is 109 Å². The topological polar surface area (TPSA) is 90.9 Å². The maximum atomic E-state index is 11.3. The van der Waals surface area contributed by atoms with E-state index in [1.165, 1.54) is 76.5 Å². The Labute approximate surface area is 208 Å². The number of rotatable bonds is 20. The van der Waals surface area contributed by atoms with Crippen LogP contribution in [0.4, 0.5) is 0 Å². The number of aliphatic imine (C=N–C) groups is 1. The summed E-state index contributed by atoms with van der Waals surface area (Å²) in [6.07, 6.45) is 27.1. The van der Waals surface area contributed by atoms with Crippen LogP contribution in [0.5, 0.6) is 0 Å². The third kappa shape index (κ3) is 10.6. The van der Waals surface area contributed by atoms with Gasteiger partial charge < -0.3 is 16.6 Å². The van der Waals surface area contributed by atoms with E-state index >= 15 is 0 Å². The summed E-state index contributed by atoms with van der Waals surface area (Å²) < 4.78 is 2.44. The van der Waals surface area contributed by atoms with Gasteiger partial charge in [-0.2, -0.15) is 0 Å². The highest BCUT2D eigenvalue weighted by Crippen LogP contribution is 2.30. The summed E-state index contributed by atoms with van der Waals surface area (Å²) >= 11 is 0. The van der Waals surface area contributed by atoms with E-state index < -0.39 is 5.72 Å². The minimum Gasteiger partial charge on any atom is -0.370 e. The van der Waals surface area contributed by atoms with Crippen LogP contribution in [0, 0.1) is 0 Å². The maximum absolute atomic E-state index is 11.3. The van der Waals surface area contributed by atoms with Gasteiger partial charge >= 0.3 is 0 Å². The lowest BCUT2D eigenvalue weighted by molar-refractivity contribution is -0.539. The lowest BCUT2D eigenvalue weighted by atomic mass is 10.0. The first-order valence-electron chi connectivity index (χ1n) is 14.0. The number of guanidine groups is 1. The molecular formula is C28H52N5O+. The summed E-state index contributed by atoms with van der Waals surface area (Å²) in [7, 11) is 0. The summed E-state index contributed by atoms with van der Waals surface area (Å²) in [4.78, 5) is 6.30. The molecule has 6 heteroatoms. The molecule has 0 spiro atoms. The number of nitrogens with two attached hydrogens (primary N) is 2. The zero-order valence-electron chi connectivity index (χ0n) is 21.7. The van der Waals surface area contributed by atoms with Gasteiger partial charge in [-0.05, 0) is 44.6 Å². The highest BCUT2D eigenvalue weighted by molar-refractivity contribution is 5.92. The molecule has 1 unspecified atom stereocenters. The van der Waals surface area contributed by atoms with Crippen molar-refractivity contribution in [2.24, 2.45) is 16.5 Å². The zero-order chi connectivity index (χ0) is 24.5. The van der Waals surface area contributed by atoms with Crippen molar-refractivity contribution >= 4 is 11.8 Å². The third-order valence-corrected chi connectivity index (χ3v) is 7.21. The number of hydrogen-bond acceptors (Lipinski definition) is 3. The first-order chi connectivity index (χ1) is 16.6. The Kier molecular flexibility index (Phi) is 14.0. The van der Waals surface area contributed by atoms with Crippen molar-refractivity contribution in [2.45, 2.75) is 115 Å². The maximum Gasteiger partial charge on any atom is 0.274 e. The first kappa shape index (κ1) is 28.4. The van der Waals surface area contributed by atoms with Crippen molar-refractivity contribution in [3.63, 3.8) is 0 Å². The van der Waals surface area contributed by atoms with E-state index in [1.807, 2.05) is 12.2 Å². The Balaban J connectivity index is 1.57. The van der Waals surface area contributed by atoms with Crippen LogP contribution in [0.15, 0.2) is 29.8 Å². The summed E-state index contributed by atoms with van der Waals surface area (Å²) in [6, 6.07) is 0. The van der Waals surface area contributed by atoms with Gasteiger partial charge in [-0.15, -0.1) is 6.58 Å². The van der Waals surface area contributed by atoms with Gasteiger partial charge in [0.05, 0.1) is 19.6 Å². The molecule has 0 bridgehead atoms. The van der Waals surface area contributed by atoms with Crippen molar-refractivity contribution in [1.29, 1.82) is 0 Å². The van der Waals surface area contributed by atoms with Crippen LogP contribution < -0.4 is 11.5 Å². The number of hydrogen-bond donors (Lipinski definition) is 3. The van der Waals surface area contributed by atoms with Crippen molar-refractivity contribution in [3.8, 4) is 0 Å². The highest BCUT2D eigenvalue weighted by atomic mass is 16.3. The van der Waals surface area contributed by atoms with Crippen LogP contribution in [0.2, 0.25) is 0 Å². The molecular weight excluding hydrogens is 422 g/mol. The van der Waals surface area contributed by atoms with Gasteiger partial charge in [-0.3, -0.25) is 9.57 Å². The fourth-order valence-electron chi connectivity index (χ4n) is 5.21. The second kappa shape index (κ2) is 16.7. The monoisotopic (exact) mass is 474 g/mol. The Morgan fingerprint density at radius 3 is 2.24 bits per heavy atom. The predicted molar refractivity (Wildman–Crippen MR) is 145 cm³/mol. The first-order valence-corrected chi connectivity index (χ1v) is 14.0. The number of nitrogens with zero attached hydrogens (tertiary/aromatic N) is 3. The lowest BCUT2D eigenvalue weighted by Gasteiger charge is -2.32. The van der Waals surface area contributed by atoms with E-state index in [4.69, 9.17) is 11.5 Å². The number of fused-ring (bicyclic) bond motifs is 1. The van der Waals surface area contributed by atoms with Crippen molar-refractivity contribution in [2.75, 3.05) is 26.2 Å². The molecule has 1 atom stereocenters. The number of amidine groups is 1. The molecule has 0 aromatic heterocycles. The molecule has 0 radical (unpaired) electrons. The van der Waals surface area contributed by atoms with E-state index in [2.05, 4.69) is 27.1 Å². The van der Waals surface area contributed by atoms with Crippen LogP contribution >= 0.6 is 0 Å². The number of unbranched alkanes of at least 4 members (excludes halogenated alkanes) is 13. The van der Waals surface area contributed by atoms with Crippen molar-refractivity contribution in [3.05, 3.63) is 24.8 Å². The molecule has 0 aromatic carbocycles. The fraction of sp³-hybridized carbons (Fsp3) is 0.786. The molecule has 2 aliphatic rings. The Morgan fingerprint density at radius 1 is 0.971 bits per heavy atom. The van der Waals surface area contributed by atoms with Crippen LogP contribution in [0.25, 0.3) is 0 Å². The van der Waals surface area contributed by atoms with Crippen LogP contribution in [0.3, 0.4) is 0 Å². The van der Waals surface area contributed by atoms with Gasteiger partial charge in [-0.25, -0.2) is 4.90 Å². The van der Waals surface area contributed by atoms with E-state index in [-0.39, 0.29) is 5.96 Å². The van der Waals surface area contributed by atoms with Gasteiger partial charge in [0, 0.05) is 25.5 Å².